The highest BCUT2D eigenvalue weighted by Crippen LogP contribution is 2.36. The number of methoxy groups -OCH3 is 1. The summed E-state index contributed by atoms with van der Waals surface area (Å²) in [6.45, 7) is 3.81. The van der Waals surface area contributed by atoms with Crippen LogP contribution in [0, 0.1) is 17.2 Å². The van der Waals surface area contributed by atoms with Gasteiger partial charge in [0.15, 0.2) is 0 Å². The molecule has 6 nitrogen and oxygen atoms in total. The molecule has 0 atom stereocenters. The fourth-order valence-electron chi connectivity index (χ4n) is 4.73. The highest BCUT2D eigenvalue weighted by Gasteiger charge is 2.35. The largest absolute Gasteiger partial charge is 0.417 e. The first-order valence-electron chi connectivity index (χ1n) is 11.2. The van der Waals surface area contributed by atoms with Gasteiger partial charge in [-0.15, -0.1) is 0 Å². The van der Waals surface area contributed by atoms with Gasteiger partial charge < -0.3 is 15.0 Å². The first kappa shape index (κ1) is 24.3. The number of alkyl halides is 3. The summed E-state index contributed by atoms with van der Waals surface area (Å²) in [5.41, 5.74) is -0.785. The molecule has 32 heavy (non-hydrogen) atoms. The number of nitrogens with one attached hydrogen (secondary N) is 1. The maximum Gasteiger partial charge on any atom is 0.417 e. The molecule has 176 valence electrons. The quantitative estimate of drug-likeness (QED) is 0.687. The number of rotatable bonds is 7. The van der Waals surface area contributed by atoms with E-state index in [1.165, 1.54) is 13.2 Å². The number of hydrogen-bond acceptors (Lipinski definition) is 5. The number of nitrogens with zero attached hydrogens (tertiary/aromatic N) is 3. The van der Waals surface area contributed by atoms with E-state index in [0.29, 0.717) is 24.7 Å². The third-order valence-electron chi connectivity index (χ3n) is 6.51. The van der Waals surface area contributed by atoms with Crippen LogP contribution in [0.4, 0.5) is 18.9 Å². The van der Waals surface area contributed by atoms with Gasteiger partial charge in [-0.3, -0.25) is 9.69 Å². The molecule has 2 aliphatic rings. The number of halogens is 3. The first-order chi connectivity index (χ1) is 15.3. The highest BCUT2D eigenvalue weighted by molar-refractivity contribution is 5.77. The summed E-state index contributed by atoms with van der Waals surface area (Å²) in [4.78, 5) is 15.9. The Morgan fingerprint density at radius 1 is 1.19 bits per heavy atom. The van der Waals surface area contributed by atoms with Gasteiger partial charge in [-0.2, -0.15) is 18.4 Å². The van der Waals surface area contributed by atoms with Gasteiger partial charge in [0.25, 0.3) is 0 Å². The van der Waals surface area contributed by atoms with Crippen molar-refractivity contribution in [2.24, 2.45) is 5.92 Å². The summed E-state index contributed by atoms with van der Waals surface area (Å²) in [6, 6.07) is 5.94. The molecule has 0 aromatic heterocycles. The Morgan fingerprint density at radius 2 is 1.88 bits per heavy atom. The first-order valence-corrected chi connectivity index (χ1v) is 11.2. The van der Waals surface area contributed by atoms with E-state index < -0.39 is 11.7 Å². The van der Waals surface area contributed by atoms with Crippen LogP contribution in [0.2, 0.25) is 0 Å². The van der Waals surface area contributed by atoms with Crippen LogP contribution in [0.3, 0.4) is 0 Å². The summed E-state index contributed by atoms with van der Waals surface area (Å²) < 4.78 is 44.6. The van der Waals surface area contributed by atoms with E-state index in [9.17, 15) is 23.2 Å². The molecule has 1 aliphatic heterocycles. The Labute approximate surface area is 187 Å². The van der Waals surface area contributed by atoms with Crippen molar-refractivity contribution in [1.29, 1.82) is 5.26 Å². The van der Waals surface area contributed by atoms with Gasteiger partial charge >= 0.3 is 6.18 Å². The number of piperazine rings is 1. The second-order valence-corrected chi connectivity index (χ2v) is 8.64. The Balaban J connectivity index is 1.44. The molecule has 0 radical (unpaired) electrons. The van der Waals surface area contributed by atoms with Crippen LogP contribution in [-0.4, -0.2) is 63.3 Å². The monoisotopic (exact) mass is 452 g/mol. The molecule has 0 unspecified atom stereocenters. The number of benzene rings is 1. The zero-order valence-corrected chi connectivity index (χ0v) is 18.5. The smallest absolute Gasteiger partial charge is 0.375 e. The second kappa shape index (κ2) is 11.0. The number of carbonyl (C=O) groups is 1. The van der Waals surface area contributed by atoms with Crippen LogP contribution in [0.5, 0.6) is 0 Å². The average Bonchev–Trinajstić information content (AvgIpc) is 2.78. The second-order valence-electron chi connectivity index (χ2n) is 8.64. The fraction of sp³-hybridized carbons (Fsp3) is 0.652. The zero-order chi connectivity index (χ0) is 23.1. The van der Waals surface area contributed by atoms with E-state index in [0.717, 1.165) is 57.8 Å². The molecule has 0 bridgehead atoms. The van der Waals surface area contributed by atoms with Crippen molar-refractivity contribution in [2.75, 3.05) is 51.3 Å². The molecule has 1 saturated heterocycles. The van der Waals surface area contributed by atoms with Gasteiger partial charge in [0.2, 0.25) is 5.91 Å². The van der Waals surface area contributed by atoms with Gasteiger partial charge in [-0.05, 0) is 56.7 Å². The molecule has 1 aromatic carbocycles. The lowest BCUT2D eigenvalue weighted by Crippen LogP contribution is -2.47. The molecule has 2 fully saturated rings. The van der Waals surface area contributed by atoms with Crippen molar-refractivity contribution in [3.05, 3.63) is 29.3 Å². The lowest BCUT2D eigenvalue weighted by atomic mass is 9.84. The minimum atomic E-state index is -4.53. The predicted molar refractivity (Wildman–Crippen MR) is 115 cm³/mol. The van der Waals surface area contributed by atoms with E-state index in [1.54, 1.807) is 12.1 Å². The molecule has 0 spiro atoms. The van der Waals surface area contributed by atoms with Gasteiger partial charge in [0.1, 0.15) is 12.7 Å². The van der Waals surface area contributed by atoms with Crippen molar-refractivity contribution in [2.45, 2.75) is 44.3 Å². The third-order valence-corrected chi connectivity index (χ3v) is 6.51. The van der Waals surface area contributed by atoms with E-state index in [4.69, 9.17) is 4.74 Å². The fourth-order valence-corrected chi connectivity index (χ4v) is 4.73. The standard InChI is InChI=1S/C23H31F3N4O2/c1-32-16-22(31)28-18-7-5-17(6-8-18)9-10-29-11-13-30(14-12-29)21-4-2-3-20(19(21)15-27)23(24,25)26/h2-4,17-18H,5-14,16H2,1H3,(H,28,31). The van der Waals surface area contributed by atoms with Crippen molar-refractivity contribution >= 4 is 11.6 Å². The number of ether oxygens (including phenoxy) is 1. The minimum absolute atomic E-state index is 0.0610. The van der Waals surface area contributed by atoms with E-state index >= 15 is 0 Å². The van der Waals surface area contributed by atoms with Crippen molar-refractivity contribution in [3.8, 4) is 6.07 Å². The molecular formula is C23H31F3N4O2. The van der Waals surface area contributed by atoms with Crippen LogP contribution in [-0.2, 0) is 15.7 Å². The van der Waals surface area contributed by atoms with Crippen molar-refractivity contribution in [3.63, 3.8) is 0 Å². The van der Waals surface area contributed by atoms with E-state index in [1.807, 2.05) is 4.90 Å². The Morgan fingerprint density at radius 3 is 2.47 bits per heavy atom. The van der Waals surface area contributed by atoms with Crippen LogP contribution < -0.4 is 10.2 Å². The number of hydrogen-bond donors (Lipinski definition) is 1. The lowest BCUT2D eigenvalue weighted by Gasteiger charge is -2.37. The molecule has 1 saturated carbocycles. The summed E-state index contributed by atoms with van der Waals surface area (Å²) in [7, 11) is 1.51. The molecule has 1 heterocycles. The van der Waals surface area contributed by atoms with Crippen LogP contribution in [0.1, 0.15) is 43.2 Å². The Kier molecular flexibility index (Phi) is 8.38. The van der Waals surface area contributed by atoms with Crippen molar-refractivity contribution < 1.29 is 22.7 Å². The SMILES string of the molecule is COCC(=O)NC1CCC(CCN2CCN(c3cccc(C(F)(F)F)c3C#N)CC2)CC1. The number of anilines is 1. The highest BCUT2D eigenvalue weighted by atomic mass is 19.4. The Bertz CT molecular complexity index is 808. The van der Waals surface area contributed by atoms with Gasteiger partial charge in [-0.25, -0.2) is 0 Å². The summed E-state index contributed by atoms with van der Waals surface area (Å²) in [5, 5.41) is 12.4. The molecule has 9 heteroatoms. The average molecular weight is 453 g/mol. The number of amides is 1. The Hall–Kier alpha value is -2.31. The van der Waals surface area contributed by atoms with Crippen LogP contribution in [0.25, 0.3) is 0 Å². The molecule has 1 aliphatic carbocycles. The number of nitriles is 1. The van der Waals surface area contributed by atoms with Crippen molar-refractivity contribution in [1.82, 2.24) is 10.2 Å². The van der Waals surface area contributed by atoms with Gasteiger partial charge in [0.05, 0.1) is 16.8 Å². The molecule has 3 rings (SSSR count). The minimum Gasteiger partial charge on any atom is -0.375 e. The maximum atomic E-state index is 13.2. The van der Waals surface area contributed by atoms with E-state index in [2.05, 4.69) is 10.2 Å². The third kappa shape index (κ3) is 6.36. The topological polar surface area (TPSA) is 68.6 Å². The predicted octanol–water partition coefficient (Wildman–Crippen LogP) is 3.41. The molecule has 1 amide bonds. The van der Waals surface area contributed by atoms with Gasteiger partial charge in [0, 0.05) is 39.3 Å². The summed E-state index contributed by atoms with van der Waals surface area (Å²) >= 11 is 0. The zero-order valence-electron chi connectivity index (χ0n) is 18.5. The van der Waals surface area contributed by atoms with Crippen LogP contribution in [0.15, 0.2) is 18.2 Å². The molecular weight excluding hydrogens is 421 g/mol. The molecule has 1 aromatic rings. The van der Waals surface area contributed by atoms with Crippen LogP contribution >= 0.6 is 0 Å². The summed E-state index contributed by atoms with van der Waals surface area (Å²) in [6.07, 6.45) is 0.711. The van der Waals surface area contributed by atoms with Gasteiger partial charge in [-0.1, -0.05) is 6.07 Å². The normalized spacial score (nSPS) is 22.4. The van der Waals surface area contributed by atoms with E-state index in [-0.39, 0.29) is 24.1 Å². The lowest BCUT2D eigenvalue weighted by molar-refractivity contribution is -0.137. The maximum absolute atomic E-state index is 13.2. The molecule has 1 N–H and O–H groups in total. The number of carbonyl (C=O) groups excluding carboxylic acids is 1. The summed E-state index contributed by atoms with van der Waals surface area (Å²) in [5.74, 6) is 0.575.